The Hall–Kier alpha value is -2.08. The zero-order chi connectivity index (χ0) is 18.2. The van der Waals surface area contributed by atoms with Crippen LogP contribution in [0, 0.1) is 5.92 Å². The van der Waals surface area contributed by atoms with Crippen molar-refractivity contribution in [2.24, 2.45) is 11.7 Å². The van der Waals surface area contributed by atoms with Gasteiger partial charge in [-0.25, -0.2) is 4.79 Å². The van der Waals surface area contributed by atoms with Gasteiger partial charge in [0, 0.05) is 45.7 Å². The molecule has 0 aliphatic carbocycles. The fraction of sp³-hybridized carbons (Fsp3) is 0.579. The number of amides is 3. The lowest BCUT2D eigenvalue weighted by atomic mass is 9.91. The van der Waals surface area contributed by atoms with Crippen LogP contribution in [-0.2, 0) is 11.3 Å². The van der Waals surface area contributed by atoms with Crippen LogP contribution in [0.5, 0.6) is 0 Å². The molecule has 2 rings (SSSR count). The van der Waals surface area contributed by atoms with Crippen molar-refractivity contribution >= 4 is 11.9 Å². The summed E-state index contributed by atoms with van der Waals surface area (Å²) in [4.78, 5) is 27.9. The molecule has 0 bridgehead atoms. The first-order valence-corrected chi connectivity index (χ1v) is 9.03. The van der Waals surface area contributed by atoms with Gasteiger partial charge in [-0.3, -0.25) is 4.79 Å². The van der Waals surface area contributed by atoms with E-state index in [4.69, 9.17) is 5.73 Å². The number of nitrogens with zero attached hydrogens (tertiary/aromatic N) is 2. The monoisotopic (exact) mass is 346 g/mol. The van der Waals surface area contributed by atoms with Crippen LogP contribution in [0.3, 0.4) is 0 Å². The minimum atomic E-state index is -0.160. The van der Waals surface area contributed by atoms with E-state index < -0.39 is 0 Å². The fourth-order valence-electron chi connectivity index (χ4n) is 3.17. The first kappa shape index (κ1) is 19.2. The van der Waals surface area contributed by atoms with Gasteiger partial charge in [-0.15, -0.1) is 0 Å². The van der Waals surface area contributed by atoms with E-state index in [0.717, 1.165) is 31.5 Å². The van der Waals surface area contributed by atoms with E-state index in [1.165, 1.54) is 0 Å². The second kappa shape index (κ2) is 9.42. The molecule has 3 N–H and O–H groups in total. The zero-order valence-corrected chi connectivity index (χ0v) is 15.3. The minimum Gasteiger partial charge on any atom is -0.343 e. The maximum atomic E-state index is 12.2. The third kappa shape index (κ3) is 6.05. The van der Waals surface area contributed by atoms with E-state index in [9.17, 15) is 9.59 Å². The molecule has 6 heteroatoms. The number of hydrogen-bond donors (Lipinski definition) is 2. The van der Waals surface area contributed by atoms with Crippen LogP contribution < -0.4 is 11.1 Å². The van der Waals surface area contributed by atoms with E-state index in [1.54, 1.807) is 11.9 Å². The molecule has 1 unspecified atom stereocenters. The Morgan fingerprint density at radius 3 is 2.52 bits per heavy atom. The fourth-order valence-corrected chi connectivity index (χ4v) is 3.17. The molecular weight excluding hydrogens is 316 g/mol. The number of carbonyl (C=O) groups is 2. The summed E-state index contributed by atoms with van der Waals surface area (Å²) in [6, 6.07) is 9.86. The number of benzene rings is 1. The summed E-state index contributed by atoms with van der Waals surface area (Å²) in [5.41, 5.74) is 7.01. The highest BCUT2D eigenvalue weighted by atomic mass is 16.2. The molecule has 1 aliphatic rings. The topological polar surface area (TPSA) is 78.7 Å². The second-order valence-corrected chi connectivity index (χ2v) is 6.90. The van der Waals surface area contributed by atoms with Crippen molar-refractivity contribution in [3.05, 3.63) is 35.9 Å². The molecule has 0 spiro atoms. The Morgan fingerprint density at radius 2 is 1.92 bits per heavy atom. The Morgan fingerprint density at radius 1 is 1.28 bits per heavy atom. The maximum Gasteiger partial charge on any atom is 0.317 e. The van der Waals surface area contributed by atoms with Gasteiger partial charge in [-0.2, -0.15) is 0 Å². The molecule has 1 atom stereocenters. The smallest absolute Gasteiger partial charge is 0.317 e. The van der Waals surface area contributed by atoms with E-state index in [1.807, 2.05) is 42.2 Å². The number of likely N-dealkylation sites (tertiary alicyclic amines) is 1. The molecule has 3 amide bonds. The lowest BCUT2D eigenvalue weighted by molar-refractivity contribution is -0.132. The van der Waals surface area contributed by atoms with E-state index in [0.29, 0.717) is 25.4 Å². The molecule has 1 saturated heterocycles. The number of piperidine rings is 1. The predicted octanol–water partition coefficient (Wildman–Crippen LogP) is 1.80. The van der Waals surface area contributed by atoms with Crippen molar-refractivity contribution in [2.45, 2.75) is 38.8 Å². The second-order valence-electron chi connectivity index (χ2n) is 6.90. The van der Waals surface area contributed by atoms with Gasteiger partial charge in [-0.05, 0) is 31.2 Å². The molecule has 1 aromatic carbocycles. The van der Waals surface area contributed by atoms with Crippen LogP contribution in [0.1, 0.15) is 31.7 Å². The molecule has 25 heavy (non-hydrogen) atoms. The highest BCUT2D eigenvalue weighted by Gasteiger charge is 2.24. The van der Waals surface area contributed by atoms with Gasteiger partial charge in [0.05, 0.1) is 0 Å². The molecule has 138 valence electrons. The number of nitrogens with two attached hydrogens (primary N) is 1. The quantitative estimate of drug-likeness (QED) is 0.824. The molecule has 1 aromatic rings. The van der Waals surface area contributed by atoms with E-state index >= 15 is 0 Å². The van der Waals surface area contributed by atoms with Crippen molar-refractivity contribution in [2.75, 3.05) is 26.7 Å². The first-order chi connectivity index (χ1) is 12.0. The van der Waals surface area contributed by atoms with Gasteiger partial charge in [0.25, 0.3) is 0 Å². The summed E-state index contributed by atoms with van der Waals surface area (Å²) in [5, 5.41) is 2.82. The average Bonchev–Trinajstić information content (AvgIpc) is 2.62. The molecule has 1 aliphatic heterocycles. The lowest BCUT2D eigenvalue weighted by Crippen LogP contribution is -2.44. The SMILES string of the molecule is CC(N)C1CCN(C(=O)CCNC(=O)N(C)Cc2ccccc2)CC1. The van der Waals surface area contributed by atoms with E-state index in [-0.39, 0.29) is 18.0 Å². The predicted molar refractivity (Wildman–Crippen MR) is 98.9 cm³/mol. The summed E-state index contributed by atoms with van der Waals surface area (Å²) in [6.45, 7) is 4.48. The molecular formula is C19H30N4O2. The molecule has 1 heterocycles. The lowest BCUT2D eigenvalue weighted by Gasteiger charge is -2.33. The largest absolute Gasteiger partial charge is 0.343 e. The van der Waals surface area contributed by atoms with Crippen LogP contribution in [0.15, 0.2) is 30.3 Å². The van der Waals surface area contributed by atoms with Crippen molar-refractivity contribution in [1.29, 1.82) is 0 Å². The Labute approximate surface area is 150 Å². The third-order valence-corrected chi connectivity index (χ3v) is 4.86. The van der Waals surface area contributed by atoms with Crippen molar-refractivity contribution < 1.29 is 9.59 Å². The highest BCUT2D eigenvalue weighted by molar-refractivity contribution is 5.78. The minimum absolute atomic E-state index is 0.106. The number of urea groups is 1. The average molecular weight is 346 g/mol. The highest BCUT2D eigenvalue weighted by Crippen LogP contribution is 2.19. The number of hydrogen-bond acceptors (Lipinski definition) is 3. The number of carbonyl (C=O) groups excluding carboxylic acids is 2. The Kier molecular flexibility index (Phi) is 7.25. The summed E-state index contributed by atoms with van der Waals surface area (Å²) in [6.07, 6.45) is 2.28. The maximum absolute atomic E-state index is 12.2. The van der Waals surface area contributed by atoms with Gasteiger partial charge in [0.2, 0.25) is 5.91 Å². The molecule has 0 aromatic heterocycles. The summed E-state index contributed by atoms with van der Waals surface area (Å²) < 4.78 is 0. The number of nitrogens with one attached hydrogen (secondary N) is 1. The summed E-state index contributed by atoms with van der Waals surface area (Å²) >= 11 is 0. The van der Waals surface area contributed by atoms with Gasteiger partial charge in [-0.1, -0.05) is 30.3 Å². The standard InChI is InChI=1S/C19H30N4O2/c1-15(20)17-9-12-23(13-10-17)18(24)8-11-21-19(25)22(2)14-16-6-4-3-5-7-16/h3-7,15,17H,8-14,20H2,1-2H3,(H,21,25). The van der Waals surface area contributed by atoms with Crippen LogP contribution in [-0.4, -0.2) is 54.5 Å². The molecule has 6 nitrogen and oxygen atoms in total. The third-order valence-electron chi connectivity index (χ3n) is 4.86. The Bertz CT molecular complexity index is 554. The van der Waals surface area contributed by atoms with Crippen LogP contribution in [0.4, 0.5) is 4.79 Å². The normalized spacial score (nSPS) is 16.4. The van der Waals surface area contributed by atoms with Gasteiger partial charge >= 0.3 is 6.03 Å². The van der Waals surface area contributed by atoms with Crippen LogP contribution in [0.2, 0.25) is 0 Å². The van der Waals surface area contributed by atoms with Crippen LogP contribution >= 0.6 is 0 Å². The van der Waals surface area contributed by atoms with Crippen molar-refractivity contribution in [3.8, 4) is 0 Å². The van der Waals surface area contributed by atoms with Gasteiger partial charge in [0.1, 0.15) is 0 Å². The first-order valence-electron chi connectivity index (χ1n) is 9.03. The van der Waals surface area contributed by atoms with Crippen molar-refractivity contribution in [3.63, 3.8) is 0 Å². The van der Waals surface area contributed by atoms with Gasteiger partial charge < -0.3 is 20.9 Å². The van der Waals surface area contributed by atoms with Crippen molar-refractivity contribution in [1.82, 2.24) is 15.1 Å². The van der Waals surface area contributed by atoms with E-state index in [2.05, 4.69) is 5.32 Å². The number of rotatable bonds is 6. The zero-order valence-electron chi connectivity index (χ0n) is 15.3. The summed E-state index contributed by atoms with van der Waals surface area (Å²) in [7, 11) is 1.75. The molecule has 0 radical (unpaired) electrons. The molecule has 0 saturated carbocycles. The molecule has 1 fully saturated rings. The van der Waals surface area contributed by atoms with Gasteiger partial charge in [0.15, 0.2) is 0 Å². The van der Waals surface area contributed by atoms with Crippen LogP contribution in [0.25, 0.3) is 0 Å². The summed E-state index contributed by atoms with van der Waals surface area (Å²) in [5.74, 6) is 0.615. The Balaban J connectivity index is 1.66.